The zero-order valence-corrected chi connectivity index (χ0v) is 14.0. The lowest BCUT2D eigenvalue weighted by atomic mass is 9.46. The molecule has 0 spiro atoms. The molecule has 4 fully saturated rings. The Morgan fingerprint density at radius 3 is 2.67 bits per heavy atom. The van der Waals surface area contributed by atoms with E-state index in [0.29, 0.717) is 5.54 Å². The van der Waals surface area contributed by atoms with Crippen LogP contribution < -0.4 is 0 Å². The van der Waals surface area contributed by atoms with Crippen molar-refractivity contribution in [2.24, 2.45) is 17.3 Å². The maximum Gasteiger partial charge on any atom is 0.131 e. The third-order valence-corrected chi connectivity index (χ3v) is 6.47. The number of hydrogen-bond donors (Lipinski definition) is 0. The highest BCUT2D eigenvalue weighted by Crippen LogP contribution is 2.63. The minimum Gasteiger partial charge on any atom is -0.368 e. The van der Waals surface area contributed by atoms with Crippen molar-refractivity contribution in [3.8, 4) is 11.8 Å². The molecule has 4 saturated carbocycles. The first-order chi connectivity index (χ1) is 11.8. The Labute approximate surface area is 143 Å². The van der Waals surface area contributed by atoms with E-state index in [-0.39, 0.29) is 5.41 Å². The van der Waals surface area contributed by atoms with Crippen molar-refractivity contribution < 1.29 is 0 Å². The summed E-state index contributed by atoms with van der Waals surface area (Å²) >= 11 is 0. The van der Waals surface area contributed by atoms with Crippen LogP contribution in [0, 0.1) is 29.1 Å². The summed E-state index contributed by atoms with van der Waals surface area (Å²) in [5.74, 6) is 8.73. The summed E-state index contributed by atoms with van der Waals surface area (Å²) in [5.41, 5.74) is 1.34. The monoisotopic (exact) mass is 317 g/mol. The Bertz CT molecular complexity index is 738. The molecule has 0 radical (unpaired) electrons. The molecular weight excluding hydrogens is 294 g/mol. The second kappa shape index (κ2) is 5.21. The van der Waals surface area contributed by atoms with Crippen LogP contribution in [-0.4, -0.2) is 27.0 Å². The summed E-state index contributed by atoms with van der Waals surface area (Å²) in [6, 6.07) is 0. The van der Waals surface area contributed by atoms with Crippen LogP contribution in [0.25, 0.3) is 0 Å². The largest absolute Gasteiger partial charge is 0.368 e. The SMILES string of the molecule is C(#CC12CC3CC(C1)CC(N1C=CC=CC1)(C3)C2)c1cnccn1. The molecular formula is C21H23N3. The number of nitrogens with zero attached hydrogens (tertiary/aromatic N) is 3. The Morgan fingerprint density at radius 2 is 1.96 bits per heavy atom. The van der Waals surface area contributed by atoms with E-state index in [1.165, 1.54) is 38.5 Å². The molecule has 2 unspecified atom stereocenters. The van der Waals surface area contributed by atoms with Crippen LogP contribution >= 0.6 is 0 Å². The number of rotatable bonds is 1. The fourth-order valence-corrected chi connectivity index (χ4v) is 6.08. The summed E-state index contributed by atoms with van der Waals surface area (Å²) in [4.78, 5) is 11.1. The highest BCUT2D eigenvalue weighted by molar-refractivity contribution is 5.31. The molecule has 0 saturated heterocycles. The summed E-state index contributed by atoms with van der Waals surface area (Å²) in [7, 11) is 0. The van der Waals surface area contributed by atoms with E-state index >= 15 is 0 Å². The van der Waals surface area contributed by atoms with Gasteiger partial charge in [-0.05, 0) is 68.6 Å². The molecule has 1 aliphatic heterocycles. The Balaban J connectivity index is 1.49. The summed E-state index contributed by atoms with van der Waals surface area (Å²) in [6.07, 6.45) is 22.1. The standard InChI is InChI=1S/C21H23N3/c1-2-8-24(9-3-1)21-13-17-10-18(14-21)12-20(11-17,16-21)5-4-19-15-22-6-7-23-19/h1-3,6-8,15,17-18H,9-14,16H2. The van der Waals surface area contributed by atoms with Gasteiger partial charge in [-0.1, -0.05) is 18.1 Å². The molecule has 1 aromatic rings. The van der Waals surface area contributed by atoms with E-state index < -0.39 is 0 Å². The molecule has 4 bridgehead atoms. The van der Waals surface area contributed by atoms with Gasteiger partial charge in [-0.25, -0.2) is 4.98 Å². The number of hydrogen-bond acceptors (Lipinski definition) is 3. The van der Waals surface area contributed by atoms with Crippen LogP contribution in [0.2, 0.25) is 0 Å². The topological polar surface area (TPSA) is 29.0 Å². The van der Waals surface area contributed by atoms with Crippen molar-refractivity contribution in [2.45, 2.75) is 44.1 Å². The fraction of sp³-hybridized carbons (Fsp3) is 0.524. The van der Waals surface area contributed by atoms with E-state index in [9.17, 15) is 0 Å². The molecule has 2 heterocycles. The average molecular weight is 317 g/mol. The Kier molecular flexibility index (Phi) is 3.10. The van der Waals surface area contributed by atoms with Gasteiger partial charge in [0.1, 0.15) is 5.69 Å². The molecule has 0 N–H and O–H groups in total. The molecule has 3 heteroatoms. The second-order valence-corrected chi connectivity index (χ2v) is 8.23. The summed E-state index contributed by atoms with van der Waals surface area (Å²) < 4.78 is 0. The summed E-state index contributed by atoms with van der Waals surface area (Å²) in [5, 5.41) is 0. The van der Waals surface area contributed by atoms with Crippen molar-refractivity contribution in [3.05, 3.63) is 48.7 Å². The van der Waals surface area contributed by atoms with Crippen molar-refractivity contribution in [3.63, 3.8) is 0 Å². The van der Waals surface area contributed by atoms with Gasteiger partial charge in [0.15, 0.2) is 0 Å². The molecule has 3 nitrogen and oxygen atoms in total. The van der Waals surface area contributed by atoms with Gasteiger partial charge < -0.3 is 4.90 Å². The predicted molar refractivity (Wildman–Crippen MR) is 93.7 cm³/mol. The van der Waals surface area contributed by atoms with E-state index in [4.69, 9.17) is 0 Å². The molecule has 4 aliphatic carbocycles. The van der Waals surface area contributed by atoms with Gasteiger partial charge in [-0.15, -0.1) is 0 Å². The maximum atomic E-state index is 4.34. The lowest BCUT2D eigenvalue weighted by Gasteiger charge is -2.63. The quantitative estimate of drug-likeness (QED) is 0.742. The molecule has 6 rings (SSSR count). The van der Waals surface area contributed by atoms with Crippen LogP contribution in [0.3, 0.4) is 0 Å². The van der Waals surface area contributed by atoms with Gasteiger partial charge in [0.25, 0.3) is 0 Å². The second-order valence-electron chi connectivity index (χ2n) is 8.23. The first kappa shape index (κ1) is 14.3. The first-order valence-electron chi connectivity index (χ1n) is 9.15. The van der Waals surface area contributed by atoms with Crippen LogP contribution in [0.1, 0.15) is 44.2 Å². The minimum atomic E-state index is 0.191. The van der Waals surface area contributed by atoms with E-state index in [1.54, 1.807) is 18.6 Å². The normalized spacial score (nSPS) is 38.9. The van der Waals surface area contributed by atoms with Gasteiger partial charge in [-0.2, -0.15) is 0 Å². The van der Waals surface area contributed by atoms with Gasteiger partial charge in [0, 0.05) is 29.9 Å². The number of aromatic nitrogens is 2. The van der Waals surface area contributed by atoms with Gasteiger partial charge in [-0.3, -0.25) is 4.98 Å². The highest BCUT2D eigenvalue weighted by atomic mass is 15.2. The fourth-order valence-electron chi connectivity index (χ4n) is 6.08. The zero-order chi connectivity index (χ0) is 16.0. The van der Waals surface area contributed by atoms with Gasteiger partial charge in [0.2, 0.25) is 0 Å². The zero-order valence-electron chi connectivity index (χ0n) is 14.0. The van der Waals surface area contributed by atoms with E-state index in [2.05, 4.69) is 51.1 Å². The molecule has 2 atom stereocenters. The number of allylic oxidation sites excluding steroid dienone is 2. The average Bonchev–Trinajstić information content (AvgIpc) is 2.61. The lowest BCUT2D eigenvalue weighted by Crippen LogP contribution is -2.61. The molecule has 0 amide bonds. The summed E-state index contributed by atoms with van der Waals surface area (Å²) in [6.45, 7) is 1.06. The smallest absolute Gasteiger partial charge is 0.131 e. The highest BCUT2D eigenvalue weighted by Gasteiger charge is 2.58. The van der Waals surface area contributed by atoms with Crippen molar-refractivity contribution in [2.75, 3.05) is 6.54 Å². The molecule has 24 heavy (non-hydrogen) atoms. The van der Waals surface area contributed by atoms with Crippen molar-refractivity contribution in [1.29, 1.82) is 0 Å². The molecule has 0 aromatic carbocycles. The Morgan fingerprint density at radius 1 is 1.08 bits per heavy atom. The van der Waals surface area contributed by atoms with Gasteiger partial charge in [0.05, 0.1) is 6.20 Å². The maximum absolute atomic E-state index is 4.34. The van der Waals surface area contributed by atoms with Crippen LogP contribution in [0.4, 0.5) is 0 Å². The third kappa shape index (κ3) is 2.28. The van der Waals surface area contributed by atoms with E-state index in [1.807, 2.05) is 0 Å². The first-order valence-corrected chi connectivity index (χ1v) is 9.15. The van der Waals surface area contributed by atoms with Crippen molar-refractivity contribution >= 4 is 0 Å². The van der Waals surface area contributed by atoms with Crippen LogP contribution in [0.5, 0.6) is 0 Å². The molecule has 5 aliphatic rings. The lowest BCUT2D eigenvalue weighted by molar-refractivity contribution is -0.0936. The van der Waals surface area contributed by atoms with Crippen LogP contribution in [-0.2, 0) is 0 Å². The molecule has 122 valence electrons. The minimum absolute atomic E-state index is 0.191. The Hall–Kier alpha value is -2.08. The molecule has 1 aromatic heterocycles. The third-order valence-electron chi connectivity index (χ3n) is 6.47. The van der Waals surface area contributed by atoms with Crippen LogP contribution in [0.15, 0.2) is 43.0 Å². The predicted octanol–water partition coefficient (Wildman–Crippen LogP) is 3.55. The van der Waals surface area contributed by atoms with E-state index in [0.717, 1.165) is 24.1 Å². The van der Waals surface area contributed by atoms with Gasteiger partial charge >= 0.3 is 0 Å². The van der Waals surface area contributed by atoms with Crippen molar-refractivity contribution in [1.82, 2.24) is 14.9 Å².